The van der Waals surface area contributed by atoms with Crippen LogP contribution in [0.15, 0.2) is 48.6 Å². The summed E-state index contributed by atoms with van der Waals surface area (Å²) in [5, 5.41) is 19.1. The van der Waals surface area contributed by atoms with E-state index in [2.05, 4.69) is 0 Å². The zero-order valence-corrected chi connectivity index (χ0v) is 18.2. The van der Waals surface area contributed by atoms with Gasteiger partial charge in [0.1, 0.15) is 0 Å². The van der Waals surface area contributed by atoms with Crippen LogP contribution in [-0.2, 0) is 14.3 Å². The number of rotatable bonds is 8. The molecule has 1 aliphatic heterocycles. The lowest BCUT2D eigenvalue weighted by Gasteiger charge is -2.03. The number of aromatic hydroxyl groups is 2. The number of ketones is 2. The Hall–Kier alpha value is -3.58. The lowest BCUT2D eigenvalue weighted by molar-refractivity contribution is -0.121. The summed E-state index contributed by atoms with van der Waals surface area (Å²) >= 11 is 0. The highest BCUT2D eigenvalue weighted by Crippen LogP contribution is 2.27. The Labute approximate surface area is 187 Å². The quantitative estimate of drug-likeness (QED) is 0.469. The Morgan fingerprint density at radius 3 is 1.62 bits per heavy atom. The van der Waals surface area contributed by atoms with Crippen LogP contribution in [-0.4, -0.2) is 49.2 Å². The predicted octanol–water partition coefficient (Wildman–Crippen LogP) is 4.17. The van der Waals surface area contributed by atoms with E-state index in [9.17, 15) is 19.8 Å². The maximum Gasteiger partial charge on any atom is 0.163 e. The Morgan fingerprint density at radius 1 is 0.844 bits per heavy atom. The van der Waals surface area contributed by atoms with E-state index in [1.807, 2.05) is 0 Å². The highest BCUT2D eigenvalue weighted by Gasteiger charge is 2.06. The van der Waals surface area contributed by atoms with E-state index in [0.29, 0.717) is 22.6 Å². The highest BCUT2D eigenvalue weighted by atomic mass is 16.5. The Bertz CT molecular complexity index is 891. The average molecular weight is 440 g/mol. The summed E-state index contributed by atoms with van der Waals surface area (Å²) in [6, 6.07) is 9.34. The van der Waals surface area contributed by atoms with Gasteiger partial charge >= 0.3 is 0 Å². The number of phenols is 2. The van der Waals surface area contributed by atoms with Crippen molar-refractivity contribution in [2.24, 2.45) is 0 Å². The number of methoxy groups -OCH3 is 2. The van der Waals surface area contributed by atoms with Crippen LogP contribution >= 0.6 is 0 Å². The van der Waals surface area contributed by atoms with Crippen molar-refractivity contribution in [1.29, 1.82) is 0 Å². The molecular formula is C25H28O7. The third kappa shape index (κ3) is 8.28. The maximum absolute atomic E-state index is 11.9. The van der Waals surface area contributed by atoms with Crippen LogP contribution in [0.25, 0.3) is 12.2 Å². The molecule has 0 atom stereocenters. The largest absolute Gasteiger partial charge is 0.504 e. The molecule has 170 valence electrons. The molecule has 2 aromatic carbocycles. The van der Waals surface area contributed by atoms with Gasteiger partial charge in [-0.15, -0.1) is 0 Å². The highest BCUT2D eigenvalue weighted by molar-refractivity contribution is 6.10. The fourth-order valence-corrected chi connectivity index (χ4v) is 2.77. The normalized spacial score (nSPS) is 13.1. The van der Waals surface area contributed by atoms with Crippen LogP contribution < -0.4 is 9.47 Å². The molecule has 0 radical (unpaired) electrons. The zero-order chi connectivity index (χ0) is 23.3. The molecule has 0 bridgehead atoms. The van der Waals surface area contributed by atoms with E-state index in [1.165, 1.54) is 51.3 Å². The van der Waals surface area contributed by atoms with Crippen molar-refractivity contribution in [3.8, 4) is 23.0 Å². The molecule has 1 heterocycles. The lowest BCUT2D eigenvalue weighted by Crippen LogP contribution is -2.01. The fraction of sp³-hybridized carbons (Fsp3) is 0.280. The topological polar surface area (TPSA) is 102 Å². The minimum absolute atomic E-state index is 0.00662. The molecule has 0 unspecified atom stereocenters. The number of allylic oxidation sites excluding steroid dienone is 2. The average Bonchev–Trinajstić information content (AvgIpc) is 3.38. The van der Waals surface area contributed by atoms with Crippen LogP contribution in [0, 0.1) is 0 Å². The second kappa shape index (κ2) is 13.0. The SMILES string of the molecule is C1CCOC1.COc1cc(/C=C/C(=O)CC(=O)/C=C/c2ccc(O)c(OC)c2)ccc1O. The summed E-state index contributed by atoms with van der Waals surface area (Å²) in [6.07, 6.45) is 8.00. The minimum Gasteiger partial charge on any atom is -0.504 e. The molecule has 1 fully saturated rings. The van der Waals surface area contributed by atoms with E-state index in [-0.39, 0.29) is 29.5 Å². The van der Waals surface area contributed by atoms with Gasteiger partial charge in [-0.1, -0.05) is 24.3 Å². The molecule has 3 rings (SSSR count). The minimum atomic E-state index is -0.347. The van der Waals surface area contributed by atoms with Crippen molar-refractivity contribution in [3.63, 3.8) is 0 Å². The van der Waals surface area contributed by atoms with Crippen LogP contribution in [0.4, 0.5) is 0 Å². The van der Waals surface area contributed by atoms with Gasteiger partial charge in [0.2, 0.25) is 0 Å². The Balaban J connectivity index is 0.000000636. The molecular weight excluding hydrogens is 412 g/mol. The van der Waals surface area contributed by atoms with Crippen molar-refractivity contribution in [2.75, 3.05) is 27.4 Å². The smallest absolute Gasteiger partial charge is 0.163 e. The van der Waals surface area contributed by atoms with E-state index in [4.69, 9.17) is 14.2 Å². The number of carbonyl (C=O) groups is 2. The molecule has 0 spiro atoms. The van der Waals surface area contributed by atoms with Crippen LogP contribution in [0.3, 0.4) is 0 Å². The second-order valence-corrected chi connectivity index (χ2v) is 6.96. The maximum atomic E-state index is 11.9. The van der Waals surface area contributed by atoms with Gasteiger partial charge < -0.3 is 24.4 Å². The summed E-state index contributed by atoms with van der Waals surface area (Å²) < 4.78 is 14.9. The summed E-state index contributed by atoms with van der Waals surface area (Å²) in [7, 11) is 2.87. The van der Waals surface area contributed by atoms with Crippen molar-refractivity contribution in [2.45, 2.75) is 19.3 Å². The first-order valence-corrected chi connectivity index (χ1v) is 10.2. The molecule has 7 nitrogen and oxygen atoms in total. The van der Waals surface area contributed by atoms with Gasteiger partial charge in [0, 0.05) is 13.2 Å². The van der Waals surface area contributed by atoms with E-state index < -0.39 is 0 Å². The first kappa shape index (κ1) is 24.7. The van der Waals surface area contributed by atoms with Crippen LogP contribution in [0.1, 0.15) is 30.4 Å². The molecule has 32 heavy (non-hydrogen) atoms. The van der Waals surface area contributed by atoms with E-state index >= 15 is 0 Å². The molecule has 1 aliphatic rings. The standard InChI is InChI=1S/C21H20O6.C4H8O/c1-26-20-11-14(5-9-18(20)24)3-7-16(22)13-17(23)8-4-15-6-10-19(25)21(12-15)27-2;1-2-4-5-3-1/h3-12,24-25H,13H2,1-2H3;1-4H2/b7-3+,8-4+;. The molecule has 0 amide bonds. The van der Waals surface area contributed by atoms with Gasteiger partial charge in [-0.05, 0) is 60.4 Å². The summed E-state index contributed by atoms with van der Waals surface area (Å²) in [4.78, 5) is 23.9. The Kier molecular flexibility index (Phi) is 10.0. The number of hydrogen-bond acceptors (Lipinski definition) is 7. The lowest BCUT2D eigenvalue weighted by atomic mass is 10.1. The first-order valence-electron chi connectivity index (χ1n) is 10.2. The third-order valence-corrected chi connectivity index (χ3v) is 4.51. The molecule has 1 saturated heterocycles. The van der Waals surface area contributed by atoms with Crippen LogP contribution in [0.5, 0.6) is 23.0 Å². The van der Waals surface area contributed by atoms with Gasteiger partial charge in [-0.3, -0.25) is 9.59 Å². The molecule has 0 saturated carbocycles. The van der Waals surface area contributed by atoms with Crippen molar-refractivity contribution in [1.82, 2.24) is 0 Å². The number of carbonyl (C=O) groups excluding carboxylic acids is 2. The molecule has 2 N–H and O–H groups in total. The van der Waals surface area contributed by atoms with Crippen LogP contribution in [0.2, 0.25) is 0 Å². The summed E-state index contributed by atoms with van der Waals surface area (Å²) in [5.41, 5.74) is 1.33. The number of ether oxygens (including phenoxy) is 3. The molecule has 2 aromatic rings. The molecule has 7 heteroatoms. The van der Waals surface area contributed by atoms with E-state index in [0.717, 1.165) is 13.2 Å². The van der Waals surface area contributed by atoms with Gasteiger partial charge in [0.25, 0.3) is 0 Å². The second-order valence-electron chi connectivity index (χ2n) is 6.96. The van der Waals surface area contributed by atoms with Gasteiger partial charge in [-0.25, -0.2) is 0 Å². The molecule has 0 aliphatic carbocycles. The summed E-state index contributed by atoms with van der Waals surface area (Å²) in [6.45, 7) is 2.00. The first-order chi connectivity index (χ1) is 15.4. The van der Waals surface area contributed by atoms with Gasteiger partial charge in [0.05, 0.1) is 20.6 Å². The van der Waals surface area contributed by atoms with E-state index in [1.54, 1.807) is 36.4 Å². The molecule has 0 aromatic heterocycles. The van der Waals surface area contributed by atoms with Gasteiger partial charge in [0.15, 0.2) is 34.6 Å². The summed E-state index contributed by atoms with van der Waals surface area (Å²) in [5.74, 6) is -0.0832. The van der Waals surface area contributed by atoms with Crippen molar-refractivity contribution < 1.29 is 34.0 Å². The third-order valence-electron chi connectivity index (χ3n) is 4.51. The fourth-order valence-electron chi connectivity index (χ4n) is 2.77. The number of phenolic OH excluding ortho intramolecular Hbond substituents is 2. The van der Waals surface area contributed by atoms with Crippen molar-refractivity contribution >= 4 is 23.7 Å². The number of benzene rings is 2. The monoisotopic (exact) mass is 440 g/mol. The van der Waals surface area contributed by atoms with Crippen molar-refractivity contribution in [3.05, 3.63) is 59.7 Å². The zero-order valence-electron chi connectivity index (χ0n) is 18.2. The Morgan fingerprint density at radius 2 is 1.28 bits per heavy atom. The predicted molar refractivity (Wildman–Crippen MR) is 122 cm³/mol. The van der Waals surface area contributed by atoms with Gasteiger partial charge in [-0.2, -0.15) is 0 Å². The number of hydrogen-bond donors (Lipinski definition) is 2.